The number of thiophene rings is 1. The lowest BCUT2D eigenvalue weighted by molar-refractivity contribution is 0.176. The summed E-state index contributed by atoms with van der Waals surface area (Å²) in [5, 5.41) is 28.2. The minimum atomic E-state index is -0.236. The first kappa shape index (κ1) is 15.4. The summed E-state index contributed by atoms with van der Waals surface area (Å²) in [5.41, 5.74) is 1.03. The first-order valence-electron chi connectivity index (χ1n) is 7.29. The molecule has 1 saturated carbocycles. The molecule has 0 atom stereocenters. The molecule has 22 heavy (non-hydrogen) atoms. The number of nitrogens with zero attached hydrogens (tertiary/aromatic N) is 2. The zero-order valence-corrected chi connectivity index (χ0v) is 13.6. The van der Waals surface area contributed by atoms with Crippen molar-refractivity contribution < 1.29 is 9.90 Å². The molecule has 0 unspecified atom stereocenters. The highest BCUT2D eigenvalue weighted by Gasteiger charge is 2.22. The maximum Gasteiger partial charge on any atom is 0.321 e. The number of nitrogens with one attached hydrogen (secondary N) is 2. The third kappa shape index (κ3) is 3.82. The van der Waals surface area contributed by atoms with Gasteiger partial charge in [0.15, 0.2) is 0 Å². The summed E-state index contributed by atoms with van der Waals surface area (Å²) in [5.74, 6) is 0.387. The van der Waals surface area contributed by atoms with Crippen molar-refractivity contribution >= 4 is 33.8 Å². The molecule has 0 aromatic carbocycles. The second-order valence-corrected chi connectivity index (χ2v) is 7.18. The van der Waals surface area contributed by atoms with Crippen LogP contribution in [0.15, 0.2) is 16.8 Å². The number of urea groups is 1. The molecule has 0 bridgehead atoms. The number of hydrogen-bond donors (Lipinski definition) is 3. The van der Waals surface area contributed by atoms with E-state index in [1.54, 1.807) is 11.3 Å². The van der Waals surface area contributed by atoms with Crippen LogP contribution in [0.25, 0.3) is 10.6 Å². The summed E-state index contributed by atoms with van der Waals surface area (Å²) in [7, 11) is 0. The number of hydrogen-bond acceptors (Lipinski definition) is 6. The Morgan fingerprint density at radius 2 is 2.14 bits per heavy atom. The lowest BCUT2D eigenvalue weighted by atomic mass is 9.87. The Kier molecular flexibility index (Phi) is 5.01. The summed E-state index contributed by atoms with van der Waals surface area (Å²) >= 11 is 2.97. The highest BCUT2D eigenvalue weighted by Crippen LogP contribution is 2.28. The van der Waals surface area contributed by atoms with E-state index in [0.717, 1.165) is 36.3 Å². The molecule has 6 nitrogen and oxygen atoms in total. The molecule has 0 saturated heterocycles. The van der Waals surface area contributed by atoms with Gasteiger partial charge < -0.3 is 10.4 Å². The van der Waals surface area contributed by atoms with Gasteiger partial charge in [-0.15, -0.1) is 10.2 Å². The van der Waals surface area contributed by atoms with Crippen molar-refractivity contribution in [3.63, 3.8) is 0 Å². The van der Waals surface area contributed by atoms with Crippen LogP contribution in [0.1, 0.15) is 25.7 Å². The van der Waals surface area contributed by atoms with Gasteiger partial charge in [0.2, 0.25) is 5.13 Å². The molecule has 1 aliphatic rings. The third-order valence-electron chi connectivity index (χ3n) is 3.85. The number of aliphatic hydroxyl groups is 1. The van der Waals surface area contributed by atoms with Gasteiger partial charge in [0, 0.05) is 23.6 Å². The molecule has 0 spiro atoms. The molecular formula is C14H18N4O2S2. The normalized spacial score (nSPS) is 21.5. The Bertz CT molecular complexity index is 606. The predicted molar refractivity (Wildman–Crippen MR) is 88.2 cm³/mol. The van der Waals surface area contributed by atoms with Crippen molar-refractivity contribution in [2.24, 2.45) is 5.92 Å². The number of aliphatic hydroxyl groups excluding tert-OH is 1. The van der Waals surface area contributed by atoms with E-state index in [-0.39, 0.29) is 18.7 Å². The fraction of sp³-hybridized carbons (Fsp3) is 0.500. The van der Waals surface area contributed by atoms with Crippen molar-refractivity contribution in [1.82, 2.24) is 15.5 Å². The first-order valence-corrected chi connectivity index (χ1v) is 9.05. The van der Waals surface area contributed by atoms with Crippen LogP contribution in [0, 0.1) is 5.92 Å². The van der Waals surface area contributed by atoms with Crippen LogP contribution in [-0.2, 0) is 0 Å². The smallest absolute Gasteiger partial charge is 0.321 e. The van der Waals surface area contributed by atoms with Crippen molar-refractivity contribution in [3.05, 3.63) is 16.8 Å². The highest BCUT2D eigenvalue weighted by molar-refractivity contribution is 7.19. The van der Waals surface area contributed by atoms with Gasteiger partial charge in [-0.05, 0) is 43.0 Å². The zero-order valence-electron chi connectivity index (χ0n) is 12.0. The number of carbonyl (C=O) groups excluding carboxylic acids is 1. The quantitative estimate of drug-likeness (QED) is 0.800. The molecule has 118 valence electrons. The van der Waals surface area contributed by atoms with Crippen LogP contribution in [0.4, 0.5) is 9.93 Å². The van der Waals surface area contributed by atoms with Crippen LogP contribution in [0.2, 0.25) is 0 Å². The van der Waals surface area contributed by atoms with E-state index in [9.17, 15) is 4.79 Å². The molecule has 0 radical (unpaired) electrons. The molecule has 2 heterocycles. The molecule has 0 aliphatic heterocycles. The molecule has 2 amide bonds. The number of aromatic nitrogens is 2. The molecule has 3 N–H and O–H groups in total. The van der Waals surface area contributed by atoms with Gasteiger partial charge in [-0.2, -0.15) is 11.3 Å². The maximum absolute atomic E-state index is 12.0. The Balaban J connectivity index is 1.50. The molecule has 1 aliphatic carbocycles. The van der Waals surface area contributed by atoms with Gasteiger partial charge in [-0.1, -0.05) is 11.3 Å². The van der Waals surface area contributed by atoms with E-state index < -0.39 is 0 Å². The van der Waals surface area contributed by atoms with Gasteiger partial charge in [0.05, 0.1) is 0 Å². The number of carbonyl (C=O) groups is 1. The Morgan fingerprint density at radius 1 is 1.32 bits per heavy atom. The second kappa shape index (κ2) is 7.17. The summed E-state index contributed by atoms with van der Waals surface area (Å²) in [6, 6.07) is 1.92. The van der Waals surface area contributed by atoms with Gasteiger partial charge in [-0.25, -0.2) is 4.79 Å². The van der Waals surface area contributed by atoms with E-state index in [1.165, 1.54) is 11.3 Å². The fourth-order valence-corrected chi connectivity index (χ4v) is 4.03. The largest absolute Gasteiger partial charge is 0.396 e. The Labute approximate surface area is 136 Å². The highest BCUT2D eigenvalue weighted by atomic mass is 32.1. The Hall–Kier alpha value is -1.51. The van der Waals surface area contributed by atoms with Crippen molar-refractivity contribution in [2.75, 3.05) is 11.9 Å². The Morgan fingerprint density at radius 3 is 2.82 bits per heavy atom. The van der Waals surface area contributed by atoms with Crippen LogP contribution in [0.5, 0.6) is 0 Å². The molecule has 1 fully saturated rings. The lowest BCUT2D eigenvalue weighted by Crippen LogP contribution is -2.40. The molecule has 8 heteroatoms. The monoisotopic (exact) mass is 338 g/mol. The van der Waals surface area contributed by atoms with Crippen LogP contribution >= 0.6 is 22.7 Å². The minimum absolute atomic E-state index is 0.173. The van der Waals surface area contributed by atoms with Crippen LogP contribution in [0.3, 0.4) is 0 Å². The predicted octanol–water partition coefficient (Wildman–Crippen LogP) is 2.94. The minimum Gasteiger partial charge on any atom is -0.396 e. The average molecular weight is 338 g/mol. The average Bonchev–Trinajstić information content (AvgIpc) is 3.19. The van der Waals surface area contributed by atoms with Crippen molar-refractivity contribution in [2.45, 2.75) is 31.7 Å². The number of anilines is 1. The fourth-order valence-electron chi connectivity index (χ4n) is 2.58. The maximum atomic E-state index is 12.0. The molecule has 2 aromatic rings. The number of amides is 2. The van der Waals surface area contributed by atoms with Crippen molar-refractivity contribution in [1.29, 1.82) is 0 Å². The molecule has 2 aromatic heterocycles. The summed E-state index contributed by atoms with van der Waals surface area (Å²) < 4.78 is 0. The van der Waals surface area contributed by atoms with Crippen LogP contribution in [-0.4, -0.2) is 34.0 Å². The number of rotatable bonds is 4. The molecular weight excluding hydrogens is 320 g/mol. The van der Waals surface area contributed by atoms with E-state index in [4.69, 9.17) is 5.11 Å². The standard InChI is InChI=1S/C14H18N4O2S2/c19-7-9-1-3-11(4-2-9)15-13(20)16-14-18-17-12(22-14)10-5-6-21-8-10/h5-6,8-9,11,19H,1-4,7H2,(H2,15,16,18,20). The van der Waals surface area contributed by atoms with Crippen LogP contribution < -0.4 is 10.6 Å². The second-order valence-electron chi connectivity index (χ2n) is 5.42. The lowest BCUT2D eigenvalue weighted by Gasteiger charge is -2.27. The SMILES string of the molecule is O=C(Nc1nnc(-c2ccsc2)s1)NC1CCC(CO)CC1. The zero-order chi connectivity index (χ0) is 15.4. The van der Waals surface area contributed by atoms with Gasteiger partial charge >= 0.3 is 6.03 Å². The van der Waals surface area contributed by atoms with Gasteiger partial charge in [-0.3, -0.25) is 5.32 Å². The van der Waals surface area contributed by atoms with E-state index in [1.807, 2.05) is 16.8 Å². The first-order chi connectivity index (χ1) is 10.7. The van der Waals surface area contributed by atoms with Gasteiger partial charge in [0.25, 0.3) is 0 Å². The summed E-state index contributed by atoms with van der Waals surface area (Å²) in [6.07, 6.45) is 3.74. The van der Waals surface area contributed by atoms with E-state index in [0.29, 0.717) is 11.0 Å². The van der Waals surface area contributed by atoms with E-state index in [2.05, 4.69) is 20.8 Å². The van der Waals surface area contributed by atoms with Gasteiger partial charge in [0.1, 0.15) is 5.01 Å². The summed E-state index contributed by atoms with van der Waals surface area (Å²) in [4.78, 5) is 12.0. The topological polar surface area (TPSA) is 87.1 Å². The summed E-state index contributed by atoms with van der Waals surface area (Å²) in [6.45, 7) is 0.245. The van der Waals surface area contributed by atoms with E-state index >= 15 is 0 Å². The van der Waals surface area contributed by atoms with Crippen molar-refractivity contribution in [3.8, 4) is 10.6 Å². The third-order valence-corrected chi connectivity index (χ3v) is 5.42. The molecule has 3 rings (SSSR count).